The van der Waals surface area contributed by atoms with Gasteiger partial charge in [0.1, 0.15) is 29.5 Å². The molecule has 14 heteroatoms. The molecule has 0 aliphatic carbocycles. The number of aryl methyl sites for hydroxylation is 1. The summed E-state index contributed by atoms with van der Waals surface area (Å²) in [5, 5.41) is 15.7. The third-order valence-electron chi connectivity index (χ3n) is 5.24. The lowest BCUT2D eigenvalue weighted by molar-refractivity contribution is -0.189. The van der Waals surface area contributed by atoms with Crippen molar-refractivity contribution in [3.05, 3.63) is 57.6 Å². The molecule has 0 aliphatic heterocycles. The highest BCUT2D eigenvalue weighted by atomic mass is 19.4. The van der Waals surface area contributed by atoms with E-state index in [9.17, 15) is 27.9 Å². The largest absolute Gasteiger partial charge is 0.480 e. The average Bonchev–Trinajstić information content (AvgIpc) is 3.15. The van der Waals surface area contributed by atoms with E-state index in [1.54, 1.807) is 19.9 Å². The number of amides is 1. The van der Waals surface area contributed by atoms with Crippen molar-refractivity contribution in [1.82, 2.24) is 19.3 Å². The lowest BCUT2D eigenvalue weighted by atomic mass is 10.1. The fourth-order valence-electron chi connectivity index (χ4n) is 3.29. The normalized spacial score (nSPS) is 12.4. The summed E-state index contributed by atoms with van der Waals surface area (Å²) in [7, 11) is 1.30. The van der Waals surface area contributed by atoms with Crippen LogP contribution in [0.5, 0.6) is 11.6 Å². The minimum Gasteiger partial charge on any atom is -0.480 e. The third-order valence-corrected chi connectivity index (χ3v) is 5.24. The highest BCUT2D eigenvalue weighted by Crippen LogP contribution is 2.32. The maximum Gasteiger partial charge on any atom is 0.425 e. The molecule has 2 heterocycles. The van der Waals surface area contributed by atoms with E-state index >= 15 is 4.39 Å². The minimum atomic E-state index is -4.81. The van der Waals surface area contributed by atoms with E-state index in [0.29, 0.717) is 23.2 Å². The van der Waals surface area contributed by atoms with Gasteiger partial charge >= 0.3 is 11.9 Å². The number of nitrogens with zero attached hydrogens (tertiary/aromatic N) is 4. The number of carbonyl (C=O) groups excluding carboxylic acids is 1. The van der Waals surface area contributed by atoms with E-state index in [-0.39, 0.29) is 23.9 Å². The highest BCUT2D eigenvalue weighted by Gasteiger charge is 2.39. The van der Waals surface area contributed by atoms with Crippen molar-refractivity contribution in [2.75, 3.05) is 12.4 Å². The monoisotopic (exact) mass is 513 g/mol. The molecule has 0 bridgehead atoms. The number of methoxy groups -OCH3 is 1. The average molecular weight is 513 g/mol. The van der Waals surface area contributed by atoms with Crippen LogP contribution in [0.15, 0.2) is 29.2 Å². The van der Waals surface area contributed by atoms with Crippen molar-refractivity contribution in [3.63, 3.8) is 0 Å². The Bertz CT molecular complexity index is 1340. The van der Waals surface area contributed by atoms with Gasteiger partial charge in [-0.05, 0) is 38.5 Å². The number of aliphatic hydroxyl groups is 1. The van der Waals surface area contributed by atoms with Gasteiger partial charge in [-0.2, -0.15) is 17.9 Å². The second-order valence-corrected chi connectivity index (χ2v) is 7.58. The van der Waals surface area contributed by atoms with Crippen LogP contribution in [0.2, 0.25) is 0 Å². The van der Waals surface area contributed by atoms with Crippen molar-refractivity contribution < 1.29 is 36.9 Å². The van der Waals surface area contributed by atoms with Gasteiger partial charge in [-0.25, -0.2) is 14.2 Å². The maximum absolute atomic E-state index is 15.2. The predicted octanol–water partition coefficient (Wildman–Crippen LogP) is 2.98. The number of hydrogen-bond donors (Lipinski definition) is 2. The molecule has 0 fully saturated rings. The van der Waals surface area contributed by atoms with Gasteiger partial charge in [-0.3, -0.25) is 9.36 Å². The number of aliphatic hydroxyl groups excluding tert-OH is 1. The Labute approximate surface area is 202 Å². The molecule has 36 heavy (non-hydrogen) atoms. The van der Waals surface area contributed by atoms with Crippen LogP contribution in [0.25, 0.3) is 5.69 Å². The second-order valence-electron chi connectivity index (χ2n) is 7.58. The van der Waals surface area contributed by atoms with E-state index in [2.05, 4.69) is 15.4 Å². The van der Waals surface area contributed by atoms with E-state index in [0.717, 1.165) is 10.6 Å². The molecule has 0 saturated carbocycles. The van der Waals surface area contributed by atoms with Crippen LogP contribution >= 0.6 is 0 Å². The van der Waals surface area contributed by atoms with E-state index < -0.39 is 53.3 Å². The first-order valence-electron chi connectivity index (χ1n) is 10.6. The number of hydrogen-bond acceptors (Lipinski definition) is 7. The molecule has 2 N–H and O–H groups in total. The highest BCUT2D eigenvalue weighted by molar-refractivity contribution is 6.07. The van der Waals surface area contributed by atoms with Gasteiger partial charge in [-0.15, -0.1) is 5.10 Å². The Morgan fingerprint density at radius 1 is 1.31 bits per heavy atom. The molecule has 1 atom stereocenters. The fourth-order valence-corrected chi connectivity index (χ4v) is 3.29. The van der Waals surface area contributed by atoms with Crippen LogP contribution < -0.4 is 20.5 Å². The summed E-state index contributed by atoms with van der Waals surface area (Å²) in [5.74, 6) is -2.87. The van der Waals surface area contributed by atoms with Gasteiger partial charge in [0.25, 0.3) is 5.91 Å². The molecule has 0 radical (unpaired) electrons. The summed E-state index contributed by atoms with van der Waals surface area (Å²) in [5.41, 5.74) is -1.36. The lowest BCUT2D eigenvalue weighted by Crippen LogP contribution is -2.32. The summed E-state index contributed by atoms with van der Waals surface area (Å²) in [6, 6.07) is 2.97. The first-order valence-corrected chi connectivity index (χ1v) is 10.6. The number of ether oxygens (including phenoxy) is 2. The molecule has 0 aliphatic rings. The van der Waals surface area contributed by atoms with Gasteiger partial charge in [-0.1, -0.05) is 0 Å². The molecule has 0 saturated heterocycles. The third kappa shape index (κ3) is 5.17. The van der Waals surface area contributed by atoms with E-state index in [4.69, 9.17) is 9.47 Å². The number of pyridine rings is 1. The molecule has 1 aromatic carbocycles. The smallest absolute Gasteiger partial charge is 0.425 e. The number of nitrogens with one attached hydrogen (secondary N) is 1. The number of carbonyl (C=O) groups is 1. The summed E-state index contributed by atoms with van der Waals surface area (Å²) in [6.45, 7) is 3.38. The van der Waals surface area contributed by atoms with Crippen LogP contribution in [0.1, 0.15) is 35.6 Å². The molecular formula is C22H23F4N5O5. The summed E-state index contributed by atoms with van der Waals surface area (Å²) in [4.78, 5) is 29.7. The fraction of sp³-hybridized carbons (Fsp3) is 0.364. The van der Waals surface area contributed by atoms with Crippen molar-refractivity contribution >= 4 is 11.6 Å². The number of anilines is 1. The molecule has 1 amide bonds. The Balaban J connectivity index is 2.16. The second kappa shape index (κ2) is 10.4. The van der Waals surface area contributed by atoms with Gasteiger partial charge < -0.3 is 19.9 Å². The van der Waals surface area contributed by atoms with Crippen LogP contribution in [-0.2, 0) is 13.2 Å². The molecule has 194 valence electrons. The van der Waals surface area contributed by atoms with Gasteiger partial charge in [0.05, 0.1) is 12.7 Å². The molecule has 0 spiro atoms. The van der Waals surface area contributed by atoms with Crippen LogP contribution in [-0.4, -0.2) is 49.7 Å². The Morgan fingerprint density at radius 2 is 2.00 bits per heavy atom. The quantitative estimate of drug-likeness (QED) is 0.445. The number of halogens is 4. The van der Waals surface area contributed by atoms with Crippen LogP contribution in [0, 0.1) is 12.7 Å². The minimum absolute atomic E-state index is 0.0276. The molecule has 1 unspecified atom stereocenters. The lowest BCUT2D eigenvalue weighted by Gasteiger charge is -2.21. The van der Waals surface area contributed by atoms with Crippen molar-refractivity contribution in [2.24, 2.45) is 0 Å². The zero-order valence-corrected chi connectivity index (χ0v) is 19.7. The summed E-state index contributed by atoms with van der Waals surface area (Å²) < 4.78 is 66.7. The number of aromatic nitrogens is 4. The first kappa shape index (κ1) is 26.7. The summed E-state index contributed by atoms with van der Waals surface area (Å²) >= 11 is 0. The molecule has 3 rings (SSSR count). The van der Waals surface area contributed by atoms with Crippen molar-refractivity contribution in [1.29, 1.82) is 0 Å². The number of benzene rings is 1. The van der Waals surface area contributed by atoms with Gasteiger partial charge in [0.15, 0.2) is 11.9 Å². The van der Waals surface area contributed by atoms with Gasteiger partial charge in [0.2, 0.25) is 5.88 Å². The SMILES string of the molecule is CCn1c(CO)nn(-c2cc(OC(C)C(F)(F)F)c(C(=O)Nc3c(C)ccnc3OC)cc2F)c1=O. The first-order chi connectivity index (χ1) is 16.9. The molecule has 2 aromatic heterocycles. The zero-order chi connectivity index (χ0) is 26.8. The Hall–Kier alpha value is -3.94. The Kier molecular flexibility index (Phi) is 7.67. The number of alkyl halides is 3. The van der Waals surface area contributed by atoms with E-state index in [1.165, 1.54) is 13.3 Å². The van der Waals surface area contributed by atoms with Crippen molar-refractivity contribution in [3.8, 4) is 17.3 Å². The summed E-state index contributed by atoms with van der Waals surface area (Å²) in [6.07, 6.45) is -5.77. The standard InChI is InChI=1S/C22H23F4N5O5/c1-5-30-17(10-32)29-31(21(30)34)15-9-16(36-12(3)22(24,25)26)13(8-14(15)23)19(33)28-18-11(2)6-7-27-20(18)35-4/h6-9,12,32H,5,10H2,1-4H3,(H,28,33). The Morgan fingerprint density at radius 3 is 2.56 bits per heavy atom. The molecule has 10 nitrogen and oxygen atoms in total. The van der Waals surface area contributed by atoms with Crippen molar-refractivity contribution in [2.45, 2.75) is 46.2 Å². The topological polar surface area (TPSA) is 120 Å². The predicted molar refractivity (Wildman–Crippen MR) is 119 cm³/mol. The maximum atomic E-state index is 15.2. The van der Waals surface area contributed by atoms with Crippen LogP contribution in [0.4, 0.5) is 23.2 Å². The van der Waals surface area contributed by atoms with Gasteiger partial charge in [0, 0.05) is 18.8 Å². The molecular weight excluding hydrogens is 490 g/mol. The zero-order valence-electron chi connectivity index (χ0n) is 19.7. The molecule has 3 aromatic rings. The van der Waals surface area contributed by atoms with E-state index in [1.807, 2.05) is 0 Å². The van der Waals surface area contributed by atoms with Crippen LogP contribution in [0.3, 0.4) is 0 Å². The number of rotatable bonds is 8.